The highest BCUT2D eigenvalue weighted by Crippen LogP contribution is 2.24. The molecule has 1 saturated heterocycles. The minimum Gasteiger partial charge on any atom is -0.465 e. The summed E-state index contributed by atoms with van der Waals surface area (Å²) in [5, 5.41) is 2.59. The molecule has 1 heterocycles. The van der Waals surface area contributed by atoms with Gasteiger partial charge < -0.3 is 14.8 Å². The summed E-state index contributed by atoms with van der Waals surface area (Å²) in [6.07, 6.45) is 0.262. The molecule has 1 aliphatic rings. The summed E-state index contributed by atoms with van der Waals surface area (Å²) in [4.78, 5) is 61.4. The van der Waals surface area contributed by atoms with Crippen molar-refractivity contribution in [3.05, 3.63) is 59.2 Å². The van der Waals surface area contributed by atoms with Gasteiger partial charge in [0.15, 0.2) is 0 Å². The van der Waals surface area contributed by atoms with Crippen LogP contribution in [0, 0.1) is 0 Å². The average molecular weight is 410 g/mol. The van der Waals surface area contributed by atoms with Crippen LogP contribution in [-0.4, -0.2) is 43.9 Å². The van der Waals surface area contributed by atoms with Crippen LogP contribution in [0.25, 0.3) is 0 Å². The van der Waals surface area contributed by atoms with Gasteiger partial charge in [-0.15, -0.1) is 0 Å². The lowest BCUT2D eigenvalue weighted by Crippen LogP contribution is -2.28. The molecule has 3 amide bonds. The number of imide groups is 1. The molecule has 154 valence electrons. The van der Waals surface area contributed by atoms with Crippen LogP contribution >= 0.6 is 0 Å². The molecule has 2 aromatic carbocycles. The SMILES string of the molecule is COC(=O)c1cc(NC(=O)c2cccc(N3C(=O)CCC3=O)c2)cc(C(=O)OC)c1. The van der Waals surface area contributed by atoms with E-state index in [0.29, 0.717) is 5.69 Å². The van der Waals surface area contributed by atoms with Crippen LogP contribution in [0.4, 0.5) is 11.4 Å². The summed E-state index contributed by atoms with van der Waals surface area (Å²) in [6.45, 7) is 0. The summed E-state index contributed by atoms with van der Waals surface area (Å²) in [5.74, 6) is -2.60. The molecular formula is C21H18N2O7. The third-order valence-electron chi connectivity index (χ3n) is 4.45. The van der Waals surface area contributed by atoms with Crippen molar-refractivity contribution in [1.82, 2.24) is 0 Å². The lowest BCUT2D eigenvalue weighted by atomic mass is 10.1. The van der Waals surface area contributed by atoms with Gasteiger partial charge in [-0.25, -0.2) is 9.59 Å². The van der Waals surface area contributed by atoms with Crippen molar-refractivity contribution in [2.75, 3.05) is 24.4 Å². The van der Waals surface area contributed by atoms with Gasteiger partial charge in [-0.05, 0) is 36.4 Å². The Morgan fingerprint density at radius 1 is 0.833 bits per heavy atom. The Morgan fingerprint density at radius 2 is 1.40 bits per heavy atom. The second-order valence-electron chi connectivity index (χ2n) is 6.41. The standard InChI is InChI=1S/C21H18N2O7/c1-29-20(27)13-8-14(21(28)30-2)10-15(9-13)22-19(26)12-4-3-5-16(11-12)23-17(24)6-7-18(23)25/h3-5,8-11H,6-7H2,1-2H3,(H,22,26). The van der Waals surface area contributed by atoms with Crippen LogP contribution in [0.1, 0.15) is 43.9 Å². The van der Waals surface area contributed by atoms with E-state index < -0.39 is 17.8 Å². The first kappa shape index (κ1) is 20.7. The fourth-order valence-corrected chi connectivity index (χ4v) is 3.03. The highest BCUT2D eigenvalue weighted by atomic mass is 16.5. The first-order valence-corrected chi connectivity index (χ1v) is 8.93. The van der Waals surface area contributed by atoms with Crippen LogP contribution in [0.3, 0.4) is 0 Å². The molecule has 1 fully saturated rings. The predicted octanol–water partition coefficient (Wildman–Crippen LogP) is 2.17. The second-order valence-corrected chi connectivity index (χ2v) is 6.41. The van der Waals surface area contributed by atoms with E-state index in [0.717, 1.165) is 4.90 Å². The molecule has 9 nitrogen and oxygen atoms in total. The molecule has 3 rings (SSSR count). The van der Waals surface area contributed by atoms with Gasteiger partial charge in [0.2, 0.25) is 11.8 Å². The highest BCUT2D eigenvalue weighted by molar-refractivity contribution is 6.20. The van der Waals surface area contributed by atoms with Crippen molar-refractivity contribution in [1.29, 1.82) is 0 Å². The Balaban J connectivity index is 1.89. The Bertz CT molecular complexity index is 1010. The first-order valence-electron chi connectivity index (χ1n) is 8.93. The number of nitrogens with one attached hydrogen (secondary N) is 1. The number of esters is 2. The number of rotatable bonds is 5. The van der Waals surface area contributed by atoms with Gasteiger partial charge in [0, 0.05) is 24.1 Å². The monoisotopic (exact) mass is 410 g/mol. The molecule has 0 unspecified atom stereocenters. The number of anilines is 2. The molecular weight excluding hydrogens is 392 g/mol. The maximum absolute atomic E-state index is 12.7. The number of hydrogen-bond acceptors (Lipinski definition) is 7. The molecule has 2 aromatic rings. The van der Waals surface area contributed by atoms with Crippen molar-refractivity contribution >= 4 is 41.0 Å². The minimum atomic E-state index is -0.690. The minimum absolute atomic E-state index is 0.0534. The Morgan fingerprint density at radius 3 is 1.93 bits per heavy atom. The molecule has 0 aliphatic carbocycles. The maximum Gasteiger partial charge on any atom is 0.337 e. The topological polar surface area (TPSA) is 119 Å². The first-order chi connectivity index (χ1) is 14.3. The number of hydrogen-bond donors (Lipinski definition) is 1. The molecule has 0 bridgehead atoms. The smallest absolute Gasteiger partial charge is 0.337 e. The number of nitrogens with zero attached hydrogens (tertiary/aromatic N) is 1. The third-order valence-corrected chi connectivity index (χ3v) is 4.45. The zero-order chi connectivity index (χ0) is 21.8. The van der Waals surface area contributed by atoms with E-state index in [9.17, 15) is 24.0 Å². The second kappa shape index (κ2) is 8.56. The Hall–Kier alpha value is -4.01. The Labute approximate surface area is 171 Å². The van der Waals surface area contributed by atoms with E-state index >= 15 is 0 Å². The number of carbonyl (C=O) groups excluding carboxylic acids is 5. The summed E-state index contributed by atoms with van der Waals surface area (Å²) in [7, 11) is 2.38. The van der Waals surface area contributed by atoms with Gasteiger partial charge in [0.25, 0.3) is 5.91 Å². The van der Waals surface area contributed by atoms with Gasteiger partial charge in [-0.2, -0.15) is 0 Å². The lowest BCUT2D eigenvalue weighted by Gasteiger charge is -2.15. The number of ether oxygens (including phenoxy) is 2. The fourth-order valence-electron chi connectivity index (χ4n) is 3.03. The van der Waals surface area contributed by atoms with Gasteiger partial charge in [-0.1, -0.05) is 6.07 Å². The highest BCUT2D eigenvalue weighted by Gasteiger charge is 2.30. The predicted molar refractivity (Wildman–Crippen MR) is 105 cm³/mol. The van der Waals surface area contributed by atoms with E-state index in [4.69, 9.17) is 0 Å². The van der Waals surface area contributed by atoms with E-state index in [1.54, 1.807) is 12.1 Å². The summed E-state index contributed by atoms with van der Waals surface area (Å²) in [5.41, 5.74) is 0.759. The van der Waals surface area contributed by atoms with Crippen molar-refractivity contribution < 1.29 is 33.4 Å². The Kier molecular flexibility index (Phi) is 5.91. The van der Waals surface area contributed by atoms with Gasteiger partial charge >= 0.3 is 11.9 Å². The average Bonchev–Trinajstić information content (AvgIpc) is 3.10. The fraction of sp³-hybridized carbons (Fsp3) is 0.190. The normalized spacial score (nSPS) is 13.2. The lowest BCUT2D eigenvalue weighted by molar-refractivity contribution is -0.121. The zero-order valence-corrected chi connectivity index (χ0v) is 16.3. The van der Waals surface area contributed by atoms with E-state index in [1.165, 1.54) is 44.6 Å². The van der Waals surface area contributed by atoms with Crippen molar-refractivity contribution in [2.45, 2.75) is 12.8 Å². The summed E-state index contributed by atoms with van der Waals surface area (Å²) < 4.78 is 9.34. The van der Waals surface area contributed by atoms with Crippen LogP contribution in [0.5, 0.6) is 0 Å². The van der Waals surface area contributed by atoms with Gasteiger partial charge in [0.1, 0.15) is 0 Å². The summed E-state index contributed by atoms with van der Waals surface area (Å²) in [6, 6.07) is 10.0. The molecule has 0 spiro atoms. The van der Waals surface area contributed by atoms with Gasteiger partial charge in [-0.3, -0.25) is 19.3 Å². The van der Waals surface area contributed by atoms with Crippen molar-refractivity contribution in [3.63, 3.8) is 0 Å². The zero-order valence-electron chi connectivity index (χ0n) is 16.3. The van der Waals surface area contributed by atoms with E-state index in [2.05, 4.69) is 14.8 Å². The van der Waals surface area contributed by atoms with Crippen LogP contribution in [0.15, 0.2) is 42.5 Å². The third kappa shape index (κ3) is 4.19. The quantitative estimate of drug-likeness (QED) is 0.593. The van der Waals surface area contributed by atoms with Crippen molar-refractivity contribution in [2.24, 2.45) is 0 Å². The number of amides is 3. The number of benzene rings is 2. The molecule has 0 radical (unpaired) electrons. The molecule has 9 heteroatoms. The largest absolute Gasteiger partial charge is 0.465 e. The number of methoxy groups -OCH3 is 2. The van der Waals surface area contributed by atoms with Crippen molar-refractivity contribution in [3.8, 4) is 0 Å². The molecule has 0 saturated carbocycles. The maximum atomic E-state index is 12.7. The molecule has 1 aliphatic heterocycles. The molecule has 30 heavy (non-hydrogen) atoms. The van der Waals surface area contributed by atoms with Crippen LogP contribution in [-0.2, 0) is 19.1 Å². The summed E-state index contributed by atoms with van der Waals surface area (Å²) >= 11 is 0. The van der Waals surface area contributed by atoms with Crippen LogP contribution < -0.4 is 10.2 Å². The van der Waals surface area contributed by atoms with Crippen LogP contribution in [0.2, 0.25) is 0 Å². The number of carbonyl (C=O) groups is 5. The van der Waals surface area contributed by atoms with E-state index in [-0.39, 0.29) is 47.0 Å². The van der Waals surface area contributed by atoms with E-state index in [1.807, 2.05) is 0 Å². The van der Waals surface area contributed by atoms with Gasteiger partial charge in [0.05, 0.1) is 31.0 Å². The molecule has 1 N–H and O–H groups in total. The molecule has 0 aromatic heterocycles. The molecule has 0 atom stereocenters.